The molecular weight excluding hydrogens is 248 g/mol. The van der Waals surface area contributed by atoms with E-state index in [0.29, 0.717) is 4.75 Å². The molecule has 1 fully saturated rings. The Morgan fingerprint density at radius 1 is 1.17 bits per heavy atom. The Labute approximate surface area is 115 Å². The van der Waals surface area contributed by atoms with Crippen molar-refractivity contribution in [2.75, 3.05) is 45.0 Å². The topological polar surface area (TPSA) is 43.8 Å². The zero-order valence-electron chi connectivity index (χ0n) is 11.8. The van der Waals surface area contributed by atoms with E-state index in [1.807, 2.05) is 16.7 Å². The maximum atomic E-state index is 10.7. The van der Waals surface area contributed by atoms with E-state index in [4.69, 9.17) is 5.11 Å². The van der Waals surface area contributed by atoms with Crippen molar-refractivity contribution in [1.82, 2.24) is 9.80 Å². The fourth-order valence-corrected chi connectivity index (χ4v) is 3.04. The molecule has 0 amide bonds. The molecular formula is C13H26N2O2S. The van der Waals surface area contributed by atoms with Gasteiger partial charge in [0.2, 0.25) is 0 Å². The van der Waals surface area contributed by atoms with Crippen LogP contribution in [0.15, 0.2) is 0 Å². The van der Waals surface area contributed by atoms with Crippen LogP contribution >= 0.6 is 11.8 Å². The summed E-state index contributed by atoms with van der Waals surface area (Å²) in [6.07, 6.45) is 1.08. The van der Waals surface area contributed by atoms with Gasteiger partial charge in [-0.2, -0.15) is 11.8 Å². The van der Waals surface area contributed by atoms with Crippen molar-refractivity contribution in [1.29, 1.82) is 0 Å². The molecule has 18 heavy (non-hydrogen) atoms. The number of thioether (sulfide) groups is 1. The fraction of sp³-hybridized carbons (Fsp3) is 0.923. The number of carbonyl (C=O) groups is 1. The van der Waals surface area contributed by atoms with Crippen LogP contribution in [-0.4, -0.2) is 70.6 Å². The molecule has 0 aromatic heterocycles. The Morgan fingerprint density at radius 2 is 1.78 bits per heavy atom. The van der Waals surface area contributed by atoms with Gasteiger partial charge in [0.05, 0.1) is 6.54 Å². The summed E-state index contributed by atoms with van der Waals surface area (Å²) >= 11 is 2.00. The normalized spacial score (nSPS) is 19.7. The second-order valence-electron chi connectivity index (χ2n) is 5.83. The zero-order chi connectivity index (χ0) is 13.6. The second-order valence-corrected chi connectivity index (χ2v) is 7.75. The first-order valence-electron chi connectivity index (χ1n) is 6.67. The molecule has 1 aliphatic rings. The van der Waals surface area contributed by atoms with Gasteiger partial charge < -0.3 is 10.0 Å². The molecule has 0 saturated carbocycles. The van der Waals surface area contributed by atoms with Gasteiger partial charge in [0.1, 0.15) is 0 Å². The van der Waals surface area contributed by atoms with Crippen molar-refractivity contribution >= 4 is 17.7 Å². The highest BCUT2D eigenvalue weighted by Gasteiger charge is 2.17. The zero-order valence-corrected chi connectivity index (χ0v) is 12.6. The summed E-state index contributed by atoms with van der Waals surface area (Å²) < 4.78 is 0.335. The molecule has 5 heteroatoms. The molecule has 0 aliphatic carbocycles. The van der Waals surface area contributed by atoms with Crippen molar-refractivity contribution in [2.24, 2.45) is 0 Å². The van der Waals surface area contributed by atoms with Gasteiger partial charge in [-0.3, -0.25) is 9.69 Å². The number of hydrogen-bond donors (Lipinski definition) is 1. The highest BCUT2D eigenvalue weighted by molar-refractivity contribution is 8.00. The molecule has 1 N–H and O–H groups in total. The van der Waals surface area contributed by atoms with Gasteiger partial charge in [-0.1, -0.05) is 20.8 Å². The maximum Gasteiger partial charge on any atom is 0.317 e. The molecule has 0 bridgehead atoms. The number of carboxylic acids is 1. The number of hydrogen-bond acceptors (Lipinski definition) is 4. The predicted octanol–water partition coefficient (Wildman–Crippen LogP) is 1.61. The van der Waals surface area contributed by atoms with Crippen LogP contribution in [0.1, 0.15) is 27.2 Å². The number of nitrogens with zero attached hydrogens (tertiary/aromatic N) is 2. The number of rotatable bonds is 5. The largest absolute Gasteiger partial charge is 0.480 e. The van der Waals surface area contributed by atoms with Crippen LogP contribution in [0.25, 0.3) is 0 Å². The average Bonchev–Trinajstić information content (AvgIpc) is 2.41. The molecule has 1 heterocycles. The Morgan fingerprint density at radius 3 is 2.39 bits per heavy atom. The third-order valence-electron chi connectivity index (χ3n) is 2.98. The van der Waals surface area contributed by atoms with Gasteiger partial charge in [0, 0.05) is 36.7 Å². The summed E-state index contributed by atoms with van der Waals surface area (Å²) in [5.41, 5.74) is 0. The quantitative estimate of drug-likeness (QED) is 0.825. The summed E-state index contributed by atoms with van der Waals surface area (Å²) in [5.74, 6) is 0.439. The van der Waals surface area contributed by atoms with E-state index < -0.39 is 5.97 Å². The lowest BCUT2D eigenvalue weighted by atomic mass is 10.3. The first kappa shape index (κ1) is 15.8. The molecule has 0 aromatic rings. The van der Waals surface area contributed by atoms with E-state index >= 15 is 0 Å². The van der Waals surface area contributed by atoms with E-state index in [2.05, 4.69) is 25.7 Å². The van der Waals surface area contributed by atoms with Crippen molar-refractivity contribution in [3.8, 4) is 0 Å². The monoisotopic (exact) mass is 274 g/mol. The Bertz CT molecular complexity index is 266. The van der Waals surface area contributed by atoms with Gasteiger partial charge >= 0.3 is 5.97 Å². The van der Waals surface area contributed by atoms with E-state index in [0.717, 1.165) is 44.9 Å². The first-order chi connectivity index (χ1) is 8.37. The van der Waals surface area contributed by atoms with E-state index in [1.54, 1.807) is 0 Å². The highest BCUT2D eigenvalue weighted by Crippen LogP contribution is 2.22. The predicted molar refractivity (Wildman–Crippen MR) is 77.3 cm³/mol. The van der Waals surface area contributed by atoms with Crippen molar-refractivity contribution in [2.45, 2.75) is 31.9 Å². The van der Waals surface area contributed by atoms with Crippen LogP contribution < -0.4 is 0 Å². The van der Waals surface area contributed by atoms with E-state index in [9.17, 15) is 4.79 Å². The Balaban J connectivity index is 2.23. The molecule has 4 nitrogen and oxygen atoms in total. The molecule has 0 unspecified atom stereocenters. The number of carboxylic acid groups (broad SMARTS) is 1. The Kier molecular flexibility index (Phi) is 6.46. The fourth-order valence-electron chi connectivity index (χ4n) is 2.08. The standard InChI is InChI=1S/C13H26N2O2S/c1-13(2,3)18-10-9-14-5-4-6-15(8-7-14)11-12(16)17/h4-11H2,1-3H3,(H,16,17). The van der Waals surface area contributed by atoms with Crippen LogP contribution in [0.2, 0.25) is 0 Å². The van der Waals surface area contributed by atoms with Crippen LogP contribution in [0.5, 0.6) is 0 Å². The average molecular weight is 274 g/mol. The van der Waals surface area contributed by atoms with Gasteiger partial charge in [-0.15, -0.1) is 0 Å². The highest BCUT2D eigenvalue weighted by atomic mass is 32.2. The molecule has 106 valence electrons. The molecule has 0 radical (unpaired) electrons. The van der Waals surface area contributed by atoms with Crippen molar-refractivity contribution < 1.29 is 9.90 Å². The first-order valence-corrected chi connectivity index (χ1v) is 7.66. The summed E-state index contributed by atoms with van der Waals surface area (Å²) in [6.45, 7) is 11.9. The van der Waals surface area contributed by atoms with Gasteiger partial charge in [-0.25, -0.2) is 0 Å². The molecule has 0 spiro atoms. The smallest absolute Gasteiger partial charge is 0.317 e. The van der Waals surface area contributed by atoms with Crippen LogP contribution in [0.3, 0.4) is 0 Å². The SMILES string of the molecule is CC(C)(C)SCCN1CCCN(CC(=O)O)CC1. The van der Waals surface area contributed by atoms with Gasteiger partial charge in [-0.05, 0) is 13.0 Å². The maximum absolute atomic E-state index is 10.7. The molecule has 0 aromatic carbocycles. The van der Waals surface area contributed by atoms with Crippen LogP contribution in [0, 0.1) is 0 Å². The third kappa shape index (κ3) is 7.24. The lowest BCUT2D eigenvalue weighted by Crippen LogP contribution is -2.35. The summed E-state index contributed by atoms with van der Waals surface area (Å²) in [4.78, 5) is 15.2. The molecule has 0 atom stereocenters. The second kappa shape index (κ2) is 7.36. The number of aliphatic carboxylic acids is 1. The van der Waals surface area contributed by atoms with Crippen molar-refractivity contribution in [3.63, 3.8) is 0 Å². The van der Waals surface area contributed by atoms with Crippen molar-refractivity contribution in [3.05, 3.63) is 0 Å². The third-order valence-corrected chi connectivity index (χ3v) is 4.24. The summed E-state index contributed by atoms with van der Waals surface area (Å²) in [6, 6.07) is 0. The lowest BCUT2D eigenvalue weighted by molar-refractivity contribution is -0.138. The van der Waals surface area contributed by atoms with Crippen LogP contribution in [0.4, 0.5) is 0 Å². The minimum atomic E-state index is -0.716. The van der Waals surface area contributed by atoms with Gasteiger partial charge in [0.15, 0.2) is 0 Å². The van der Waals surface area contributed by atoms with Crippen LogP contribution in [-0.2, 0) is 4.79 Å². The minimum absolute atomic E-state index is 0.185. The molecule has 1 saturated heterocycles. The van der Waals surface area contributed by atoms with Gasteiger partial charge in [0.25, 0.3) is 0 Å². The van der Waals surface area contributed by atoms with E-state index in [-0.39, 0.29) is 6.54 Å². The Hall–Kier alpha value is -0.260. The lowest BCUT2D eigenvalue weighted by Gasteiger charge is -2.23. The summed E-state index contributed by atoms with van der Waals surface area (Å²) in [5, 5.41) is 8.80. The van der Waals surface area contributed by atoms with E-state index in [1.165, 1.54) is 0 Å². The molecule has 1 aliphatic heterocycles. The molecule has 1 rings (SSSR count). The minimum Gasteiger partial charge on any atom is -0.480 e. The summed E-state index contributed by atoms with van der Waals surface area (Å²) in [7, 11) is 0.